The minimum Gasteiger partial charge on any atom is -0.375 e. The molecule has 0 aromatic heterocycles. The van der Waals surface area contributed by atoms with Crippen molar-refractivity contribution in [1.29, 1.82) is 0 Å². The Labute approximate surface area is 144 Å². The van der Waals surface area contributed by atoms with Gasteiger partial charge in [0.25, 0.3) is 0 Å². The van der Waals surface area contributed by atoms with Gasteiger partial charge in [-0.3, -0.25) is 0 Å². The Hall–Kier alpha value is -1.28. The molecule has 0 amide bonds. The smallest absolute Gasteiger partial charge is 0.184 e. The molecule has 1 aliphatic rings. The van der Waals surface area contributed by atoms with E-state index in [4.69, 9.17) is 23.7 Å². The molecule has 136 valence electrons. The first-order valence-corrected chi connectivity index (χ1v) is 7.89. The molecular weight excluding hydrogens is 312 g/mol. The van der Waals surface area contributed by atoms with E-state index in [9.17, 15) is 5.11 Å². The number of aliphatic hydroxyl groups is 1. The Morgan fingerprint density at radius 2 is 1.25 bits per heavy atom. The van der Waals surface area contributed by atoms with Crippen LogP contribution in [-0.2, 0) is 23.7 Å². The van der Waals surface area contributed by atoms with E-state index in [-0.39, 0.29) is 13.2 Å². The molecule has 1 fully saturated rings. The lowest BCUT2D eigenvalue weighted by Gasteiger charge is -2.44. The number of hydrogen-bond donors (Lipinski definition) is 1. The lowest BCUT2D eigenvalue weighted by Crippen LogP contribution is -2.61. The van der Waals surface area contributed by atoms with Gasteiger partial charge in [0.05, 0.1) is 33.0 Å². The maximum atomic E-state index is 10.3. The molecule has 6 heteroatoms. The third-order valence-corrected chi connectivity index (χ3v) is 3.35. The molecule has 0 radical (unpaired) electrons. The second kappa shape index (κ2) is 12.1. The van der Waals surface area contributed by atoms with Gasteiger partial charge < -0.3 is 28.8 Å². The van der Waals surface area contributed by atoms with Crippen molar-refractivity contribution in [3.8, 4) is 0 Å². The molecule has 1 saturated heterocycles. The highest BCUT2D eigenvalue weighted by Crippen LogP contribution is 2.27. The fourth-order valence-corrected chi connectivity index (χ4v) is 2.40. The summed E-state index contributed by atoms with van der Waals surface area (Å²) in [6.07, 6.45) is 3.05. The molecule has 6 nitrogen and oxygen atoms in total. The summed E-state index contributed by atoms with van der Waals surface area (Å²) in [7, 11) is 0. The minimum atomic E-state index is -1.17. The van der Waals surface area contributed by atoms with Crippen molar-refractivity contribution in [2.75, 3.05) is 33.0 Å². The minimum absolute atomic E-state index is 0.229. The molecule has 1 heterocycles. The van der Waals surface area contributed by atoms with Crippen LogP contribution < -0.4 is 0 Å². The van der Waals surface area contributed by atoms with Gasteiger partial charge in [0.15, 0.2) is 6.29 Å². The highest BCUT2D eigenvalue weighted by atomic mass is 16.7. The van der Waals surface area contributed by atoms with Crippen molar-refractivity contribution in [2.45, 2.75) is 30.7 Å². The third-order valence-electron chi connectivity index (χ3n) is 3.35. The van der Waals surface area contributed by atoms with Gasteiger partial charge in [0.1, 0.15) is 24.4 Å². The van der Waals surface area contributed by atoms with Gasteiger partial charge >= 0.3 is 0 Å². The van der Waals surface area contributed by atoms with Crippen LogP contribution in [0.4, 0.5) is 0 Å². The second-order valence-electron chi connectivity index (χ2n) is 5.15. The normalized spacial score (nSPS) is 29.8. The van der Waals surface area contributed by atoms with E-state index in [0.717, 1.165) is 0 Å². The molecule has 0 aromatic rings. The van der Waals surface area contributed by atoms with Crippen LogP contribution >= 0.6 is 0 Å². The number of rotatable bonds is 13. The molecule has 1 N–H and O–H groups in total. The van der Waals surface area contributed by atoms with E-state index in [2.05, 4.69) is 26.3 Å². The molecule has 0 saturated carbocycles. The van der Waals surface area contributed by atoms with Crippen molar-refractivity contribution >= 4 is 0 Å². The average molecular weight is 340 g/mol. The molecule has 1 rings (SSSR count). The molecule has 0 aromatic carbocycles. The largest absolute Gasteiger partial charge is 0.375 e. The van der Waals surface area contributed by atoms with Crippen LogP contribution in [-0.4, -0.2) is 68.8 Å². The lowest BCUT2D eigenvalue weighted by atomic mass is 9.98. The Morgan fingerprint density at radius 3 is 1.79 bits per heavy atom. The summed E-state index contributed by atoms with van der Waals surface area (Å²) in [5.74, 6) is 0. The number of ether oxygens (including phenoxy) is 5. The monoisotopic (exact) mass is 340 g/mol. The van der Waals surface area contributed by atoms with Gasteiger partial charge in [-0.25, -0.2) is 0 Å². The van der Waals surface area contributed by atoms with Gasteiger partial charge in [-0.05, 0) is 0 Å². The van der Waals surface area contributed by atoms with Crippen LogP contribution in [0.2, 0.25) is 0 Å². The van der Waals surface area contributed by atoms with Crippen molar-refractivity contribution in [2.24, 2.45) is 0 Å². The van der Waals surface area contributed by atoms with Crippen LogP contribution in [0.5, 0.6) is 0 Å². The van der Waals surface area contributed by atoms with Crippen molar-refractivity contribution in [1.82, 2.24) is 0 Å². The number of hydrogen-bond acceptors (Lipinski definition) is 6. The molecule has 0 aliphatic carbocycles. The van der Waals surface area contributed by atoms with E-state index < -0.39 is 30.7 Å². The van der Waals surface area contributed by atoms with Crippen molar-refractivity contribution < 1.29 is 28.8 Å². The standard InChI is InChI=1S/C18H28O6/c1-5-9-20-13-14-15(21-10-6-2)16(22-11-7-3)17(18(19)24-14)23-12-8-4/h5-8,14-19H,1-4,9-13H2/t14-,15+,16+,17-,18+/m1/s1. The van der Waals surface area contributed by atoms with Crippen LogP contribution in [0.1, 0.15) is 0 Å². The fraction of sp³-hybridized carbons (Fsp3) is 0.556. The zero-order valence-corrected chi connectivity index (χ0v) is 14.0. The predicted octanol–water partition coefficient (Wildman–Crippen LogP) is 1.62. The molecule has 24 heavy (non-hydrogen) atoms. The highest BCUT2D eigenvalue weighted by molar-refractivity contribution is 4.94. The van der Waals surface area contributed by atoms with Gasteiger partial charge in [-0.1, -0.05) is 24.3 Å². The summed E-state index contributed by atoms with van der Waals surface area (Å²) < 4.78 is 28.3. The van der Waals surface area contributed by atoms with E-state index in [0.29, 0.717) is 19.8 Å². The van der Waals surface area contributed by atoms with Gasteiger partial charge in [0, 0.05) is 0 Å². The molecule has 5 atom stereocenters. The first kappa shape index (κ1) is 20.8. The second-order valence-corrected chi connectivity index (χ2v) is 5.15. The summed E-state index contributed by atoms with van der Waals surface area (Å²) in [6.45, 7) is 16.0. The predicted molar refractivity (Wildman–Crippen MR) is 91.7 cm³/mol. The van der Waals surface area contributed by atoms with Crippen LogP contribution in [0.25, 0.3) is 0 Å². The van der Waals surface area contributed by atoms with Gasteiger partial charge in [-0.2, -0.15) is 0 Å². The molecule has 0 spiro atoms. The first-order valence-electron chi connectivity index (χ1n) is 7.89. The molecule has 1 aliphatic heterocycles. The summed E-state index contributed by atoms with van der Waals surface area (Å²) in [6, 6.07) is 0. The van der Waals surface area contributed by atoms with Gasteiger partial charge in [0.2, 0.25) is 0 Å². The zero-order valence-electron chi connectivity index (χ0n) is 14.0. The van der Waals surface area contributed by atoms with E-state index in [1.807, 2.05) is 0 Å². The maximum absolute atomic E-state index is 10.3. The number of aliphatic hydroxyl groups excluding tert-OH is 1. The Morgan fingerprint density at radius 1 is 0.750 bits per heavy atom. The zero-order chi connectivity index (χ0) is 17.8. The summed E-state index contributed by atoms with van der Waals surface area (Å²) in [5, 5.41) is 10.3. The fourth-order valence-electron chi connectivity index (χ4n) is 2.40. The first-order chi connectivity index (χ1) is 11.7. The lowest BCUT2D eigenvalue weighted by molar-refractivity contribution is -0.307. The van der Waals surface area contributed by atoms with E-state index >= 15 is 0 Å². The molecule has 0 bridgehead atoms. The molecule has 0 unspecified atom stereocenters. The summed E-state index contributed by atoms with van der Waals surface area (Å²) in [4.78, 5) is 0. The Bertz CT molecular complexity index is 397. The topological polar surface area (TPSA) is 66.4 Å². The summed E-state index contributed by atoms with van der Waals surface area (Å²) >= 11 is 0. The SMILES string of the molecule is C=CCOC[C@H]1O[C@H](O)[C@H](OCC=C)[C@@H](OCC=C)[C@H]1OCC=C. The van der Waals surface area contributed by atoms with Crippen LogP contribution in [0.15, 0.2) is 50.6 Å². The molecular formula is C18H28O6. The van der Waals surface area contributed by atoms with Gasteiger partial charge in [-0.15, -0.1) is 26.3 Å². The van der Waals surface area contributed by atoms with E-state index in [1.165, 1.54) is 0 Å². The van der Waals surface area contributed by atoms with Crippen LogP contribution in [0.3, 0.4) is 0 Å². The maximum Gasteiger partial charge on any atom is 0.184 e. The van der Waals surface area contributed by atoms with Crippen molar-refractivity contribution in [3.63, 3.8) is 0 Å². The van der Waals surface area contributed by atoms with Crippen LogP contribution in [0, 0.1) is 0 Å². The average Bonchev–Trinajstić information content (AvgIpc) is 2.58. The van der Waals surface area contributed by atoms with E-state index in [1.54, 1.807) is 24.3 Å². The highest BCUT2D eigenvalue weighted by Gasteiger charge is 2.47. The Kier molecular flexibility index (Phi) is 10.5. The quantitative estimate of drug-likeness (QED) is 0.406. The summed E-state index contributed by atoms with van der Waals surface area (Å²) in [5.41, 5.74) is 0. The third kappa shape index (κ3) is 6.32. The Balaban J connectivity index is 2.92. The van der Waals surface area contributed by atoms with Crippen molar-refractivity contribution in [3.05, 3.63) is 50.6 Å².